The van der Waals surface area contributed by atoms with Gasteiger partial charge in [-0.2, -0.15) is 11.8 Å². The lowest BCUT2D eigenvalue weighted by Crippen LogP contribution is -2.50. The van der Waals surface area contributed by atoms with Gasteiger partial charge in [-0.3, -0.25) is 9.78 Å². The largest absolute Gasteiger partial charge is 0.352 e. The number of rotatable bonds is 6. The molecular formula is C15H23N3OS. The summed E-state index contributed by atoms with van der Waals surface area (Å²) in [5, 5.41) is 6.47. The van der Waals surface area contributed by atoms with Crippen LogP contribution in [-0.2, 0) is 10.5 Å². The number of nitrogens with one attached hydrogen (secondary N) is 2. The van der Waals surface area contributed by atoms with Gasteiger partial charge in [0.15, 0.2) is 0 Å². The minimum atomic E-state index is 0.166. The van der Waals surface area contributed by atoms with Gasteiger partial charge >= 0.3 is 0 Å². The molecule has 1 saturated heterocycles. The molecule has 110 valence electrons. The zero-order valence-electron chi connectivity index (χ0n) is 12.0. The highest BCUT2D eigenvalue weighted by molar-refractivity contribution is 7.98. The van der Waals surface area contributed by atoms with Gasteiger partial charge in [0.25, 0.3) is 0 Å². The first kappa shape index (κ1) is 15.3. The summed E-state index contributed by atoms with van der Waals surface area (Å²) < 4.78 is 0. The van der Waals surface area contributed by atoms with E-state index in [0.717, 1.165) is 36.7 Å². The molecule has 2 rings (SSSR count). The van der Waals surface area contributed by atoms with Gasteiger partial charge in [0.1, 0.15) is 0 Å². The average molecular weight is 293 g/mol. The first-order valence-electron chi connectivity index (χ1n) is 7.23. The van der Waals surface area contributed by atoms with E-state index in [1.54, 1.807) is 18.0 Å². The molecule has 0 spiro atoms. The number of hydrogen-bond acceptors (Lipinski definition) is 4. The maximum absolute atomic E-state index is 11.9. The summed E-state index contributed by atoms with van der Waals surface area (Å²) in [6.45, 7) is 4.17. The van der Waals surface area contributed by atoms with Crippen LogP contribution in [0.15, 0.2) is 24.4 Å². The summed E-state index contributed by atoms with van der Waals surface area (Å²) >= 11 is 1.76. The summed E-state index contributed by atoms with van der Waals surface area (Å²) in [6.07, 6.45) is 3.53. The maximum Gasteiger partial charge on any atom is 0.221 e. The normalized spacial score (nSPS) is 22.4. The molecule has 4 nitrogen and oxygen atoms in total. The van der Waals surface area contributed by atoms with Crippen LogP contribution in [0.2, 0.25) is 0 Å². The number of pyridine rings is 1. The summed E-state index contributed by atoms with van der Waals surface area (Å²) in [7, 11) is 0. The number of amides is 1. The summed E-state index contributed by atoms with van der Waals surface area (Å²) in [4.78, 5) is 16.2. The molecule has 0 bridgehead atoms. The highest BCUT2D eigenvalue weighted by Gasteiger charge is 2.22. The Labute approximate surface area is 125 Å². The van der Waals surface area contributed by atoms with Crippen molar-refractivity contribution in [2.45, 2.75) is 31.6 Å². The Morgan fingerprint density at radius 2 is 2.45 bits per heavy atom. The predicted octanol–water partition coefficient (Wildman–Crippen LogP) is 1.82. The number of hydrogen-bond donors (Lipinski definition) is 2. The van der Waals surface area contributed by atoms with Crippen molar-refractivity contribution in [2.24, 2.45) is 5.92 Å². The molecule has 1 aromatic rings. The van der Waals surface area contributed by atoms with Gasteiger partial charge in [-0.15, -0.1) is 0 Å². The third-order valence-electron chi connectivity index (χ3n) is 3.62. The van der Waals surface area contributed by atoms with E-state index in [2.05, 4.69) is 22.5 Å². The third kappa shape index (κ3) is 5.13. The van der Waals surface area contributed by atoms with Crippen LogP contribution < -0.4 is 10.6 Å². The van der Waals surface area contributed by atoms with Crippen molar-refractivity contribution in [3.63, 3.8) is 0 Å². The van der Waals surface area contributed by atoms with Crippen LogP contribution in [0, 0.1) is 5.92 Å². The Morgan fingerprint density at radius 3 is 3.20 bits per heavy atom. The molecule has 20 heavy (non-hydrogen) atoms. The Morgan fingerprint density at radius 1 is 1.55 bits per heavy atom. The molecule has 1 aliphatic heterocycles. The molecule has 1 aromatic heterocycles. The second kappa shape index (κ2) is 8.27. The molecule has 2 unspecified atom stereocenters. The van der Waals surface area contributed by atoms with Gasteiger partial charge < -0.3 is 10.6 Å². The lowest BCUT2D eigenvalue weighted by molar-refractivity contribution is -0.121. The molecule has 5 heteroatoms. The van der Waals surface area contributed by atoms with E-state index in [1.165, 1.54) is 0 Å². The number of nitrogens with zero attached hydrogens (tertiary/aromatic N) is 1. The first-order valence-corrected chi connectivity index (χ1v) is 8.39. The predicted molar refractivity (Wildman–Crippen MR) is 83.6 cm³/mol. The van der Waals surface area contributed by atoms with Crippen LogP contribution in [0.5, 0.6) is 0 Å². The Balaban J connectivity index is 1.60. The molecule has 2 atom stereocenters. The second-order valence-electron chi connectivity index (χ2n) is 5.27. The molecule has 2 heterocycles. The minimum Gasteiger partial charge on any atom is -0.352 e. The molecular weight excluding hydrogens is 270 g/mol. The lowest BCUT2D eigenvalue weighted by Gasteiger charge is -2.30. The van der Waals surface area contributed by atoms with Crippen molar-refractivity contribution in [1.29, 1.82) is 0 Å². The lowest BCUT2D eigenvalue weighted by atomic mass is 9.95. The van der Waals surface area contributed by atoms with Crippen LogP contribution in [-0.4, -0.2) is 35.8 Å². The van der Waals surface area contributed by atoms with Crippen LogP contribution in [0.3, 0.4) is 0 Å². The maximum atomic E-state index is 11.9. The fraction of sp³-hybridized carbons (Fsp3) is 0.600. The molecule has 1 fully saturated rings. The number of carbonyl (C=O) groups is 1. The summed E-state index contributed by atoms with van der Waals surface area (Å²) in [5.41, 5.74) is 1.07. The first-order chi connectivity index (χ1) is 9.75. The van der Waals surface area contributed by atoms with Gasteiger partial charge in [-0.05, 0) is 31.0 Å². The van der Waals surface area contributed by atoms with Crippen molar-refractivity contribution in [3.8, 4) is 0 Å². The summed E-state index contributed by atoms with van der Waals surface area (Å²) in [6, 6.07) is 6.22. The zero-order chi connectivity index (χ0) is 14.2. The number of piperidine rings is 1. The molecule has 0 saturated carbocycles. The fourth-order valence-corrected chi connectivity index (χ4v) is 3.14. The standard InChI is InChI=1S/C15H23N3OS/c1-12-5-8-16-10-14(12)18-15(19)6-9-20-11-13-4-2-3-7-17-13/h2-4,7,12,14,16H,5-6,8-11H2,1H3,(H,18,19). The number of carbonyl (C=O) groups excluding carboxylic acids is 1. The smallest absolute Gasteiger partial charge is 0.221 e. The molecule has 1 amide bonds. The minimum absolute atomic E-state index is 0.166. The van der Waals surface area contributed by atoms with Gasteiger partial charge in [0.2, 0.25) is 5.91 Å². The van der Waals surface area contributed by atoms with Crippen LogP contribution in [0.1, 0.15) is 25.5 Å². The fourth-order valence-electron chi connectivity index (χ4n) is 2.29. The third-order valence-corrected chi connectivity index (χ3v) is 4.62. The van der Waals surface area contributed by atoms with Crippen molar-refractivity contribution in [3.05, 3.63) is 30.1 Å². The van der Waals surface area contributed by atoms with Crippen molar-refractivity contribution in [1.82, 2.24) is 15.6 Å². The number of aromatic nitrogens is 1. The number of thioether (sulfide) groups is 1. The Bertz CT molecular complexity index is 413. The van der Waals surface area contributed by atoms with Crippen molar-refractivity contribution < 1.29 is 4.79 Å². The summed E-state index contributed by atoms with van der Waals surface area (Å²) in [5.74, 6) is 2.45. The van der Waals surface area contributed by atoms with E-state index in [9.17, 15) is 4.79 Å². The van der Waals surface area contributed by atoms with E-state index in [0.29, 0.717) is 12.3 Å². The van der Waals surface area contributed by atoms with Gasteiger partial charge in [0, 0.05) is 36.7 Å². The van der Waals surface area contributed by atoms with E-state index in [1.807, 2.05) is 18.2 Å². The monoisotopic (exact) mass is 293 g/mol. The second-order valence-corrected chi connectivity index (χ2v) is 6.37. The highest BCUT2D eigenvalue weighted by atomic mass is 32.2. The zero-order valence-corrected chi connectivity index (χ0v) is 12.8. The van der Waals surface area contributed by atoms with E-state index in [4.69, 9.17) is 0 Å². The van der Waals surface area contributed by atoms with E-state index >= 15 is 0 Å². The Hall–Kier alpha value is -1.07. The van der Waals surface area contributed by atoms with Gasteiger partial charge in [-0.1, -0.05) is 13.0 Å². The molecule has 2 N–H and O–H groups in total. The molecule has 1 aliphatic rings. The highest BCUT2D eigenvalue weighted by Crippen LogP contribution is 2.13. The quantitative estimate of drug-likeness (QED) is 0.786. The van der Waals surface area contributed by atoms with Crippen LogP contribution in [0.25, 0.3) is 0 Å². The van der Waals surface area contributed by atoms with E-state index < -0.39 is 0 Å². The van der Waals surface area contributed by atoms with Gasteiger partial charge in [0.05, 0.1) is 5.69 Å². The molecule has 0 aliphatic carbocycles. The molecule has 0 aromatic carbocycles. The van der Waals surface area contributed by atoms with Gasteiger partial charge in [-0.25, -0.2) is 0 Å². The van der Waals surface area contributed by atoms with Crippen molar-refractivity contribution >= 4 is 17.7 Å². The average Bonchev–Trinajstić information content (AvgIpc) is 2.47. The Kier molecular flexibility index (Phi) is 6.33. The topological polar surface area (TPSA) is 54.0 Å². The van der Waals surface area contributed by atoms with E-state index in [-0.39, 0.29) is 11.9 Å². The van der Waals surface area contributed by atoms with Crippen molar-refractivity contribution in [2.75, 3.05) is 18.8 Å². The van der Waals surface area contributed by atoms with Crippen LogP contribution in [0.4, 0.5) is 0 Å². The molecule has 0 radical (unpaired) electrons. The van der Waals surface area contributed by atoms with Crippen LogP contribution >= 0.6 is 11.8 Å². The SMILES string of the molecule is CC1CCNCC1NC(=O)CCSCc1ccccn1.